The van der Waals surface area contributed by atoms with E-state index in [9.17, 15) is 4.79 Å². The maximum absolute atomic E-state index is 12.4. The zero-order chi connectivity index (χ0) is 17.2. The first-order valence-electron chi connectivity index (χ1n) is 8.47. The molecule has 22 heavy (non-hydrogen) atoms. The standard InChI is InChI=1S/C17H35NO3Si/c1-16(2,3)21-15(19)18-12-10-9-11-14(18)13-20-22(7,8)17(4,5)6/h14H,9-13H2,1-8H3/t14-/m1/s1. The lowest BCUT2D eigenvalue weighted by atomic mass is 10.0. The lowest BCUT2D eigenvalue weighted by molar-refractivity contribution is 0.00273. The van der Waals surface area contributed by atoms with E-state index in [1.807, 2.05) is 25.7 Å². The van der Waals surface area contributed by atoms with E-state index in [2.05, 4.69) is 33.9 Å². The largest absolute Gasteiger partial charge is 0.444 e. The summed E-state index contributed by atoms with van der Waals surface area (Å²) < 4.78 is 11.9. The Morgan fingerprint density at radius 1 is 1.14 bits per heavy atom. The number of hydrogen-bond acceptors (Lipinski definition) is 3. The molecule has 5 heteroatoms. The Morgan fingerprint density at radius 2 is 1.73 bits per heavy atom. The molecule has 0 saturated carbocycles. The molecule has 0 unspecified atom stereocenters. The van der Waals surface area contributed by atoms with Crippen molar-refractivity contribution < 1.29 is 14.0 Å². The van der Waals surface area contributed by atoms with Gasteiger partial charge < -0.3 is 14.1 Å². The van der Waals surface area contributed by atoms with Crippen molar-refractivity contribution in [3.63, 3.8) is 0 Å². The second kappa shape index (κ2) is 6.91. The molecular formula is C17H35NO3Si. The second-order valence-corrected chi connectivity index (χ2v) is 13.7. The number of piperidine rings is 1. The zero-order valence-corrected chi connectivity index (χ0v) is 16.8. The van der Waals surface area contributed by atoms with Crippen LogP contribution in [0.15, 0.2) is 0 Å². The lowest BCUT2D eigenvalue weighted by Gasteiger charge is -2.41. The van der Waals surface area contributed by atoms with Crippen LogP contribution in [0, 0.1) is 0 Å². The predicted molar refractivity (Wildman–Crippen MR) is 93.7 cm³/mol. The van der Waals surface area contributed by atoms with Crippen LogP contribution in [0.2, 0.25) is 18.1 Å². The molecule has 1 atom stereocenters. The highest BCUT2D eigenvalue weighted by Gasteiger charge is 2.39. The quantitative estimate of drug-likeness (QED) is 0.698. The Bertz CT molecular complexity index is 382. The summed E-state index contributed by atoms with van der Waals surface area (Å²) >= 11 is 0. The zero-order valence-electron chi connectivity index (χ0n) is 15.8. The summed E-state index contributed by atoms with van der Waals surface area (Å²) in [6.45, 7) is 18.4. The molecule has 0 bridgehead atoms. The van der Waals surface area contributed by atoms with Crippen molar-refractivity contribution in [2.75, 3.05) is 13.2 Å². The van der Waals surface area contributed by atoms with Crippen molar-refractivity contribution in [1.29, 1.82) is 0 Å². The van der Waals surface area contributed by atoms with Crippen LogP contribution in [-0.4, -0.2) is 44.1 Å². The lowest BCUT2D eigenvalue weighted by Crippen LogP contribution is -2.51. The molecule has 130 valence electrons. The van der Waals surface area contributed by atoms with Gasteiger partial charge in [0.25, 0.3) is 0 Å². The second-order valence-electron chi connectivity index (χ2n) is 8.89. The molecule has 0 N–H and O–H groups in total. The number of ether oxygens (including phenoxy) is 1. The van der Waals surface area contributed by atoms with Gasteiger partial charge in [-0.25, -0.2) is 4.79 Å². The Balaban J connectivity index is 2.68. The van der Waals surface area contributed by atoms with E-state index < -0.39 is 13.9 Å². The van der Waals surface area contributed by atoms with Gasteiger partial charge in [0.05, 0.1) is 12.6 Å². The van der Waals surface area contributed by atoms with Gasteiger partial charge in [0.15, 0.2) is 8.32 Å². The number of hydrogen-bond donors (Lipinski definition) is 0. The van der Waals surface area contributed by atoms with Gasteiger partial charge in [-0.05, 0) is 58.2 Å². The predicted octanol–water partition coefficient (Wildman–Crippen LogP) is 4.80. The van der Waals surface area contributed by atoms with E-state index >= 15 is 0 Å². The Hall–Kier alpha value is -0.553. The van der Waals surface area contributed by atoms with Crippen LogP contribution in [-0.2, 0) is 9.16 Å². The van der Waals surface area contributed by atoms with Gasteiger partial charge >= 0.3 is 6.09 Å². The SMILES string of the molecule is CC(C)(C)OC(=O)N1CCCC[C@@H]1CO[Si](C)(C)C(C)(C)C. The third-order valence-corrected chi connectivity index (χ3v) is 9.20. The third-order valence-electron chi connectivity index (χ3n) is 4.70. The maximum atomic E-state index is 12.4. The number of amides is 1. The minimum Gasteiger partial charge on any atom is -0.444 e. The molecule has 1 fully saturated rings. The van der Waals surface area contributed by atoms with Crippen LogP contribution in [0.25, 0.3) is 0 Å². The summed E-state index contributed by atoms with van der Waals surface area (Å²) in [6, 6.07) is 0.151. The van der Waals surface area contributed by atoms with Crippen molar-refractivity contribution in [3.05, 3.63) is 0 Å². The van der Waals surface area contributed by atoms with E-state index in [-0.39, 0.29) is 17.2 Å². The molecule has 1 amide bonds. The van der Waals surface area contributed by atoms with Crippen LogP contribution < -0.4 is 0 Å². The smallest absolute Gasteiger partial charge is 0.410 e. The van der Waals surface area contributed by atoms with Gasteiger partial charge in [-0.2, -0.15) is 0 Å². The molecule has 1 rings (SSSR count). The Labute approximate surface area is 137 Å². The summed E-state index contributed by atoms with van der Waals surface area (Å²) in [5.41, 5.74) is -0.445. The molecule has 1 aliphatic heterocycles. The third kappa shape index (κ3) is 5.58. The van der Waals surface area contributed by atoms with Crippen molar-refractivity contribution in [3.8, 4) is 0 Å². The number of carbonyl (C=O) groups excluding carboxylic acids is 1. The molecule has 0 aliphatic carbocycles. The van der Waals surface area contributed by atoms with E-state index in [4.69, 9.17) is 9.16 Å². The Morgan fingerprint density at radius 3 is 2.23 bits per heavy atom. The fourth-order valence-electron chi connectivity index (χ4n) is 2.26. The topological polar surface area (TPSA) is 38.8 Å². The minimum absolute atomic E-state index is 0.151. The highest BCUT2D eigenvalue weighted by Crippen LogP contribution is 2.37. The van der Waals surface area contributed by atoms with Gasteiger partial charge in [-0.1, -0.05) is 20.8 Å². The van der Waals surface area contributed by atoms with Crippen LogP contribution in [0.5, 0.6) is 0 Å². The van der Waals surface area contributed by atoms with Gasteiger partial charge in [-0.3, -0.25) is 0 Å². The Kier molecular flexibility index (Phi) is 6.12. The summed E-state index contributed by atoms with van der Waals surface area (Å²) in [5.74, 6) is 0. The van der Waals surface area contributed by atoms with Crippen LogP contribution >= 0.6 is 0 Å². The van der Waals surface area contributed by atoms with Crippen molar-refractivity contribution in [2.24, 2.45) is 0 Å². The first-order valence-corrected chi connectivity index (χ1v) is 11.4. The molecule has 4 nitrogen and oxygen atoms in total. The number of nitrogens with zero attached hydrogens (tertiary/aromatic N) is 1. The molecule has 0 aromatic rings. The molecule has 0 aromatic carbocycles. The van der Waals surface area contributed by atoms with Crippen LogP contribution in [0.1, 0.15) is 60.8 Å². The first kappa shape index (κ1) is 19.5. The van der Waals surface area contributed by atoms with E-state index in [1.165, 1.54) is 0 Å². The molecule has 1 heterocycles. The fourth-order valence-corrected chi connectivity index (χ4v) is 3.30. The number of rotatable bonds is 3. The van der Waals surface area contributed by atoms with Gasteiger partial charge in [0.1, 0.15) is 5.60 Å². The van der Waals surface area contributed by atoms with Crippen LogP contribution in [0.3, 0.4) is 0 Å². The average molecular weight is 330 g/mol. The summed E-state index contributed by atoms with van der Waals surface area (Å²) in [4.78, 5) is 14.3. The highest BCUT2D eigenvalue weighted by molar-refractivity contribution is 6.74. The van der Waals surface area contributed by atoms with Gasteiger partial charge in [-0.15, -0.1) is 0 Å². The highest BCUT2D eigenvalue weighted by atomic mass is 28.4. The maximum Gasteiger partial charge on any atom is 0.410 e. The van der Waals surface area contributed by atoms with Gasteiger partial charge in [0, 0.05) is 6.54 Å². The molecule has 1 aliphatic rings. The first-order chi connectivity index (χ1) is 9.83. The van der Waals surface area contributed by atoms with E-state index in [1.54, 1.807) is 0 Å². The monoisotopic (exact) mass is 329 g/mol. The normalized spacial score (nSPS) is 20.9. The summed E-state index contributed by atoms with van der Waals surface area (Å²) in [5, 5.41) is 0.193. The minimum atomic E-state index is -1.78. The number of carbonyl (C=O) groups is 1. The van der Waals surface area contributed by atoms with Crippen molar-refractivity contribution >= 4 is 14.4 Å². The number of likely N-dealkylation sites (tertiary alicyclic amines) is 1. The fraction of sp³-hybridized carbons (Fsp3) is 0.941. The molecule has 0 aromatic heterocycles. The molecular weight excluding hydrogens is 294 g/mol. The summed E-state index contributed by atoms with van der Waals surface area (Å²) in [6.07, 6.45) is 3.02. The molecule has 0 radical (unpaired) electrons. The van der Waals surface area contributed by atoms with E-state index in [0.717, 1.165) is 25.8 Å². The average Bonchev–Trinajstić information content (AvgIpc) is 2.33. The van der Waals surface area contributed by atoms with E-state index in [0.29, 0.717) is 6.61 Å². The molecule has 1 saturated heterocycles. The van der Waals surface area contributed by atoms with Gasteiger partial charge in [0.2, 0.25) is 0 Å². The molecule has 0 spiro atoms. The summed E-state index contributed by atoms with van der Waals surface area (Å²) in [7, 11) is -1.78. The van der Waals surface area contributed by atoms with Crippen molar-refractivity contribution in [1.82, 2.24) is 4.90 Å². The van der Waals surface area contributed by atoms with Crippen LogP contribution in [0.4, 0.5) is 4.79 Å². The van der Waals surface area contributed by atoms with Crippen molar-refractivity contribution in [2.45, 2.75) is 90.6 Å².